The lowest BCUT2D eigenvalue weighted by Gasteiger charge is -2.18. The highest BCUT2D eigenvalue weighted by atomic mass is 35.5. The van der Waals surface area contributed by atoms with Crippen LogP contribution < -0.4 is 14.8 Å². The molecule has 0 aliphatic carbocycles. The van der Waals surface area contributed by atoms with Gasteiger partial charge in [0.2, 0.25) is 0 Å². The van der Waals surface area contributed by atoms with E-state index in [-0.39, 0.29) is 11.1 Å². The minimum atomic E-state index is -0.409. The van der Waals surface area contributed by atoms with Gasteiger partial charge in [0.1, 0.15) is 17.3 Å². The van der Waals surface area contributed by atoms with Crippen molar-refractivity contribution in [3.05, 3.63) is 58.4 Å². The average Bonchev–Trinajstić information content (AvgIpc) is 2.55. The normalized spacial score (nSPS) is 12.0. The van der Waals surface area contributed by atoms with Crippen LogP contribution in [0.2, 0.25) is 5.02 Å². The molecule has 2 rings (SSSR count). The van der Waals surface area contributed by atoms with Crippen LogP contribution in [0.1, 0.15) is 24.1 Å². The van der Waals surface area contributed by atoms with E-state index in [1.54, 1.807) is 26.4 Å². The zero-order valence-corrected chi connectivity index (χ0v) is 13.6. The van der Waals surface area contributed by atoms with Crippen molar-refractivity contribution in [3.8, 4) is 11.5 Å². The summed E-state index contributed by atoms with van der Waals surface area (Å²) in [6, 6.07) is 10.4. The van der Waals surface area contributed by atoms with Gasteiger partial charge in [0.15, 0.2) is 0 Å². The number of benzene rings is 2. The largest absolute Gasteiger partial charge is 0.497 e. The molecule has 1 unspecified atom stereocenters. The Labute approximate surface area is 135 Å². The number of nitrogens with one attached hydrogen (secondary N) is 1. The van der Waals surface area contributed by atoms with Crippen LogP contribution in [-0.4, -0.2) is 14.2 Å². The number of halogens is 2. The highest BCUT2D eigenvalue weighted by Crippen LogP contribution is 2.29. The van der Waals surface area contributed by atoms with Crippen LogP contribution in [-0.2, 0) is 6.54 Å². The fourth-order valence-corrected chi connectivity index (χ4v) is 2.41. The summed E-state index contributed by atoms with van der Waals surface area (Å²) in [4.78, 5) is 0. The van der Waals surface area contributed by atoms with Gasteiger partial charge in [0.25, 0.3) is 0 Å². The minimum Gasteiger partial charge on any atom is -0.497 e. The zero-order valence-electron chi connectivity index (χ0n) is 12.8. The number of ether oxygens (including phenoxy) is 2. The molecule has 1 N–H and O–H groups in total. The maximum absolute atomic E-state index is 13.2. The summed E-state index contributed by atoms with van der Waals surface area (Å²) in [6.07, 6.45) is 0. The quantitative estimate of drug-likeness (QED) is 0.857. The summed E-state index contributed by atoms with van der Waals surface area (Å²) < 4.78 is 23.8. The minimum absolute atomic E-state index is 0.0360. The lowest BCUT2D eigenvalue weighted by atomic mass is 10.1. The Morgan fingerprint density at radius 1 is 1.14 bits per heavy atom. The Kier molecular flexibility index (Phi) is 5.63. The van der Waals surface area contributed by atoms with E-state index in [4.69, 9.17) is 21.1 Å². The molecule has 0 fully saturated rings. The molecule has 0 spiro atoms. The van der Waals surface area contributed by atoms with Gasteiger partial charge in [-0.1, -0.05) is 17.7 Å². The summed E-state index contributed by atoms with van der Waals surface area (Å²) >= 11 is 5.79. The number of hydrogen-bond acceptors (Lipinski definition) is 3. The van der Waals surface area contributed by atoms with E-state index in [1.807, 2.05) is 25.1 Å². The zero-order chi connectivity index (χ0) is 16.1. The molecule has 0 bridgehead atoms. The highest BCUT2D eigenvalue weighted by Gasteiger charge is 2.12. The van der Waals surface area contributed by atoms with Crippen molar-refractivity contribution in [2.45, 2.75) is 19.5 Å². The first-order valence-corrected chi connectivity index (χ1v) is 7.32. The van der Waals surface area contributed by atoms with E-state index in [2.05, 4.69) is 5.32 Å². The van der Waals surface area contributed by atoms with Crippen LogP contribution in [0.25, 0.3) is 0 Å². The van der Waals surface area contributed by atoms with Crippen molar-refractivity contribution in [2.75, 3.05) is 14.2 Å². The predicted octanol–water partition coefficient (Wildman–Crippen LogP) is 4.35. The lowest BCUT2D eigenvalue weighted by Crippen LogP contribution is -2.18. The van der Waals surface area contributed by atoms with Crippen LogP contribution in [0.3, 0.4) is 0 Å². The van der Waals surface area contributed by atoms with Crippen molar-refractivity contribution in [3.63, 3.8) is 0 Å². The molecule has 2 aromatic rings. The molecule has 22 heavy (non-hydrogen) atoms. The second kappa shape index (κ2) is 7.47. The first-order valence-electron chi connectivity index (χ1n) is 6.94. The van der Waals surface area contributed by atoms with Gasteiger partial charge in [-0.3, -0.25) is 0 Å². The molecule has 0 aromatic heterocycles. The number of methoxy groups -OCH3 is 2. The summed E-state index contributed by atoms with van der Waals surface area (Å²) in [5.41, 5.74) is 1.91. The molecule has 0 aliphatic heterocycles. The van der Waals surface area contributed by atoms with Gasteiger partial charge in [-0.25, -0.2) is 4.39 Å². The average molecular weight is 324 g/mol. The van der Waals surface area contributed by atoms with E-state index in [0.717, 1.165) is 22.6 Å². The van der Waals surface area contributed by atoms with Crippen LogP contribution in [0.5, 0.6) is 11.5 Å². The van der Waals surface area contributed by atoms with E-state index in [1.165, 1.54) is 6.07 Å². The van der Waals surface area contributed by atoms with E-state index < -0.39 is 5.82 Å². The summed E-state index contributed by atoms with van der Waals surface area (Å²) in [6.45, 7) is 2.60. The Balaban J connectivity index is 2.11. The molecular formula is C17H19ClFNO2. The molecule has 0 saturated heterocycles. The third-order valence-electron chi connectivity index (χ3n) is 3.50. The third kappa shape index (κ3) is 3.90. The molecular weight excluding hydrogens is 305 g/mol. The molecule has 118 valence electrons. The van der Waals surface area contributed by atoms with E-state index in [0.29, 0.717) is 6.54 Å². The van der Waals surface area contributed by atoms with Gasteiger partial charge in [-0.05, 0) is 42.8 Å². The van der Waals surface area contributed by atoms with Gasteiger partial charge in [0.05, 0.1) is 19.2 Å². The lowest BCUT2D eigenvalue weighted by molar-refractivity contribution is 0.391. The first-order chi connectivity index (χ1) is 10.5. The first kappa shape index (κ1) is 16.6. The molecule has 0 aliphatic rings. The predicted molar refractivity (Wildman–Crippen MR) is 86.2 cm³/mol. The van der Waals surface area contributed by atoms with Gasteiger partial charge in [-0.15, -0.1) is 0 Å². The second-order valence-electron chi connectivity index (χ2n) is 4.96. The number of hydrogen-bond donors (Lipinski definition) is 1. The maximum Gasteiger partial charge on any atom is 0.141 e. The van der Waals surface area contributed by atoms with Crippen molar-refractivity contribution in [1.29, 1.82) is 0 Å². The Hall–Kier alpha value is -1.78. The fourth-order valence-electron chi connectivity index (χ4n) is 2.21. The summed E-state index contributed by atoms with van der Waals surface area (Å²) in [5, 5.41) is 3.50. The molecule has 0 saturated carbocycles. The van der Waals surface area contributed by atoms with Gasteiger partial charge in [-0.2, -0.15) is 0 Å². The molecule has 0 heterocycles. The standard InChI is InChI=1S/C17H19ClFNO2/c1-11(14-9-13(21-2)5-7-17(14)22-3)20-10-12-4-6-16(19)15(18)8-12/h4-9,11,20H,10H2,1-3H3. The Bertz CT molecular complexity index is 649. The second-order valence-corrected chi connectivity index (χ2v) is 5.37. The molecule has 0 amide bonds. The van der Waals surface area contributed by atoms with Crippen LogP contribution >= 0.6 is 11.6 Å². The van der Waals surface area contributed by atoms with Gasteiger partial charge in [0, 0.05) is 18.2 Å². The molecule has 3 nitrogen and oxygen atoms in total. The van der Waals surface area contributed by atoms with E-state index >= 15 is 0 Å². The maximum atomic E-state index is 13.2. The van der Waals surface area contributed by atoms with Crippen molar-refractivity contribution >= 4 is 11.6 Å². The Morgan fingerprint density at radius 3 is 2.55 bits per heavy atom. The number of rotatable bonds is 6. The molecule has 0 radical (unpaired) electrons. The van der Waals surface area contributed by atoms with Crippen LogP contribution in [0.4, 0.5) is 4.39 Å². The van der Waals surface area contributed by atoms with Crippen LogP contribution in [0.15, 0.2) is 36.4 Å². The van der Waals surface area contributed by atoms with E-state index in [9.17, 15) is 4.39 Å². The Morgan fingerprint density at radius 2 is 1.91 bits per heavy atom. The fraction of sp³-hybridized carbons (Fsp3) is 0.294. The molecule has 1 atom stereocenters. The topological polar surface area (TPSA) is 30.5 Å². The third-order valence-corrected chi connectivity index (χ3v) is 3.79. The van der Waals surface area contributed by atoms with Crippen molar-refractivity contribution < 1.29 is 13.9 Å². The van der Waals surface area contributed by atoms with Crippen molar-refractivity contribution in [1.82, 2.24) is 5.32 Å². The summed E-state index contributed by atoms with van der Waals surface area (Å²) in [5.74, 6) is 1.15. The molecule has 5 heteroatoms. The molecule has 2 aromatic carbocycles. The van der Waals surface area contributed by atoms with Crippen molar-refractivity contribution in [2.24, 2.45) is 0 Å². The van der Waals surface area contributed by atoms with Crippen LogP contribution in [0, 0.1) is 5.82 Å². The SMILES string of the molecule is COc1ccc(OC)c(C(C)NCc2ccc(F)c(Cl)c2)c1. The van der Waals surface area contributed by atoms with Gasteiger partial charge < -0.3 is 14.8 Å². The summed E-state index contributed by atoms with van der Waals surface area (Å²) in [7, 11) is 3.27. The smallest absolute Gasteiger partial charge is 0.141 e. The monoisotopic (exact) mass is 323 g/mol. The van der Waals surface area contributed by atoms with Gasteiger partial charge >= 0.3 is 0 Å². The highest BCUT2D eigenvalue weighted by molar-refractivity contribution is 6.30.